The second-order valence-electron chi connectivity index (χ2n) is 9.10. The summed E-state index contributed by atoms with van der Waals surface area (Å²) in [5.41, 5.74) is -0.877. The number of ether oxygens (including phenoxy) is 1. The molecule has 1 amide bonds. The number of hydrogen-bond donors (Lipinski definition) is 2. The van der Waals surface area contributed by atoms with E-state index >= 15 is 0 Å². The molecule has 4 bridgehead atoms. The lowest BCUT2D eigenvalue weighted by molar-refractivity contribution is -0.133. The molecule has 4 aliphatic carbocycles. The van der Waals surface area contributed by atoms with E-state index in [0.717, 1.165) is 30.7 Å². The molecule has 142 valence electrons. The van der Waals surface area contributed by atoms with Gasteiger partial charge in [0.05, 0.1) is 7.11 Å². The molecule has 0 spiro atoms. The second-order valence-corrected chi connectivity index (χ2v) is 9.10. The molecule has 4 fully saturated rings. The van der Waals surface area contributed by atoms with Crippen LogP contribution in [0.15, 0.2) is 24.3 Å². The summed E-state index contributed by atoms with van der Waals surface area (Å²) in [6, 6.07) is 7.69. The molecule has 26 heavy (non-hydrogen) atoms. The molecule has 4 aliphatic rings. The minimum atomic E-state index is -0.966. The molecule has 5 heteroatoms. The summed E-state index contributed by atoms with van der Waals surface area (Å²) < 4.78 is 20.1. The van der Waals surface area contributed by atoms with Gasteiger partial charge in [0.15, 0.2) is 0 Å². The Kier molecular flexibility index (Phi) is 4.16. The molecule has 1 aromatic carbocycles. The number of hydrogen-bond acceptors (Lipinski definition) is 3. The molecule has 5 atom stereocenters. The monoisotopic (exact) mass is 360 g/mol. The van der Waals surface area contributed by atoms with Crippen LogP contribution in [0.4, 0.5) is 10.1 Å². The molecule has 0 aliphatic heterocycles. The number of rotatable bonds is 5. The second kappa shape index (κ2) is 6.14. The number of anilines is 1. The summed E-state index contributed by atoms with van der Waals surface area (Å²) >= 11 is 0. The molecule has 0 heterocycles. The van der Waals surface area contributed by atoms with Crippen molar-refractivity contribution in [1.29, 1.82) is 0 Å². The van der Waals surface area contributed by atoms with Gasteiger partial charge < -0.3 is 15.4 Å². The summed E-state index contributed by atoms with van der Waals surface area (Å²) in [4.78, 5) is 13.0. The van der Waals surface area contributed by atoms with Gasteiger partial charge in [0.1, 0.15) is 17.0 Å². The number of methoxy groups -OCH3 is 1. The standard InChI is InChI=1S/C21H29FN2O2/c1-20(2,24-16-5-4-6-17(9-16)26-3)19(25)23-18-14-7-13-8-15(18)12-21(22,10-13)11-14/h4-6,9,13-15,18,24H,7-8,10-12H2,1-3H3,(H,23,25)/t13?,14-,15+,18+,21+. The van der Waals surface area contributed by atoms with Gasteiger partial charge in [-0.1, -0.05) is 6.07 Å². The van der Waals surface area contributed by atoms with Crippen molar-refractivity contribution >= 4 is 11.6 Å². The zero-order chi connectivity index (χ0) is 18.5. The Morgan fingerprint density at radius 3 is 2.54 bits per heavy atom. The minimum absolute atomic E-state index is 0.0225. The van der Waals surface area contributed by atoms with Gasteiger partial charge in [0.25, 0.3) is 0 Å². The smallest absolute Gasteiger partial charge is 0.245 e. The van der Waals surface area contributed by atoms with Crippen molar-refractivity contribution in [2.45, 2.75) is 63.2 Å². The molecule has 1 aromatic rings. The van der Waals surface area contributed by atoms with Crippen molar-refractivity contribution in [3.63, 3.8) is 0 Å². The van der Waals surface area contributed by atoms with E-state index in [1.165, 1.54) is 0 Å². The molecule has 0 aromatic heterocycles. The topological polar surface area (TPSA) is 50.4 Å². The fourth-order valence-corrected chi connectivity index (χ4v) is 5.61. The van der Waals surface area contributed by atoms with E-state index in [-0.39, 0.29) is 11.9 Å². The third kappa shape index (κ3) is 3.17. The summed E-state index contributed by atoms with van der Waals surface area (Å²) in [7, 11) is 1.63. The third-order valence-corrected chi connectivity index (χ3v) is 6.59. The van der Waals surface area contributed by atoms with Crippen molar-refractivity contribution in [3.8, 4) is 5.75 Å². The Morgan fingerprint density at radius 2 is 1.92 bits per heavy atom. The average Bonchev–Trinajstić information content (AvgIpc) is 2.56. The van der Waals surface area contributed by atoms with Crippen molar-refractivity contribution in [3.05, 3.63) is 24.3 Å². The van der Waals surface area contributed by atoms with Crippen molar-refractivity contribution < 1.29 is 13.9 Å². The number of benzene rings is 1. The van der Waals surface area contributed by atoms with Crippen LogP contribution in [0.25, 0.3) is 0 Å². The molecule has 4 nitrogen and oxygen atoms in total. The maximum absolute atomic E-state index is 14.9. The molecular weight excluding hydrogens is 331 g/mol. The lowest BCUT2D eigenvalue weighted by Gasteiger charge is -2.57. The van der Waals surface area contributed by atoms with Gasteiger partial charge >= 0.3 is 0 Å². The Morgan fingerprint density at radius 1 is 1.23 bits per heavy atom. The van der Waals surface area contributed by atoms with Crippen LogP contribution >= 0.6 is 0 Å². The summed E-state index contributed by atoms with van der Waals surface area (Å²) in [5, 5.41) is 6.58. The Balaban J connectivity index is 1.44. The zero-order valence-electron chi connectivity index (χ0n) is 15.8. The summed E-state index contributed by atoms with van der Waals surface area (Å²) in [5.74, 6) is 1.84. The van der Waals surface area contributed by atoms with Crippen LogP contribution in [0.5, 0.6) is 5.75 Å². The quantitative estimate of drug-likeness (QED) is 0.837. The minimum Gasteiger partial charge on any atom is -0.497 e. The fourth-order valence-electron chi connectivity index (χ4n) is 5.61. The molecule has 0 saturated heterocycles. The van der Waals surface area contributed by atoms with Crippen LogP contribution in [0, 0.1) is 17.8 Å². The lowest BCUT2D eigenvalue weighted by atomic mass is 9.53. The Bertz CT molecular complexity index is 689. The molecule has 0 radical (unpaired) electrons. The van der Waals surface area contributed by atoms with Gasteiger partial charge in [-0.05, 0) is 75.8 Å². The van der Waals surface area contributed by atoms with Gasteiger partial charge in [-0.2, -0.15) is 0 Å². The lowest BCUT2D eigenvalue weighted by Crippen LogP contribution is -2.63. The van der Waals surface area contributed by atoms with Gasteiger partial charge in [0.2, 0.25) is 5.91 Å². The van der Waals surface area contributed by atoms with Crippen LogP contribution in [-0.4, -0.2) is 30.3 Å². The van der Waals surface area contributed by atoms with Crippen molar-refractivity contribution in [1.82, 2.24) is 5.32 Å². The highest BCUT2D eigenvalue weighted by Crippen LogP contribution is 2.57. The van der Waals surface area contributed by atoms with Crippen LogP contribution in [0.3, 0.4) is 0 Å². The van der Waals surface area contributed by atoms with E-state index in [2.05, 4.69) is 10.6 Å². The largest absolute Gasteiger partial charge is 0.497 e. The van der Waals surface area contributed by atoms with Gasteiger partial charge in [-0.25, -0.2) is 4.39 Å². The van der Waals surface area contributed by atoms with Crippen LogP contribution in [-0.2, 0) is 4.79 Å². The predicted molar refractivity (Wildman–Crippen MR) is 100 cm³/mol. The summed E-state index contributed by atoms with van der Waals surface area (Å²) in [6.45, 7) is 3.77. The van der Waals surface area contributed by atoms with Gasteiger partial charge in [-0.3, -0.25) is 4.79 Å². The first-order valence-electron chi connectivity index (χ1n) is 9.70. The predicted octanol–water partition coefficient (Wildman–Crippen LogP) is 3.92. The highest BCUT2D eigenvalue weighted by molar-refractivity contribution is 5.88. The van der Waals surface area contributed by atoms with E-state index < -0.39 is 11.2 Å². The van der Waals surface area contributed by atoms with Crippen molar-refractivity contribution in [2.24, 2.45) is 17.8 Å². The van der Waals surface area contributed by atoms with E-state index in [0.29, 0.717) is 30.6 Å². The van der Waals surface area contributed by atoms with E-state index in [1.54, 1.807) is 7.11 Å². The maximum atomic E-state index is 14.9. The SMILES string of the molecule is COc1cccc(NC(C)(C)C(=O)N[C@H]2[C@@H]3CC4C[C@H]2C[C@](F)(C4)C3)c1. The number of alkyl halides is 1. The Labute approximate surface area is 154 Å². The van der Waals surface area contributed by atoms with Crippen LogP contribution < -0.4 is 15.4 Å². The first kappa shape index (κ1) is 17.6. The van der Waals surface area contributed by atoms with E-state index in [9.17, 15) is 9.18 Å². The average molecular weight is 360 g/mol. The number of nitrogens with one attached hydrogen (secondary N) is 2. The van der Waals surface area contributed by atoms with E-state index in [4.69, 9.17) is 4.74 Å². The maximum Gasteiger partial charge on any atom is 0.245 e. The van der Waals surface area contributed by atoms with Gasteiger partial charge in [0, 0.05) is 17.8 Å². The fraction of sp³-hybridized carbons (Fsp3) is 0.667. The molecule has 1 unspecified atom stereocenters. The highest BCUT2D eigenvalue weighted by Gasteiger charge is 2.56. The number of carbonyl (C=O) groups excluding carboxylic acids is 1. The third-order valence-electron chi connectivity index (χ3n) is 6.59. The molecule has 5 rings (SSSR count). The zero-order valence-corrected chi connectivity index (χ0v) is 15.8. The normalized spacial score (nSPS) is 35.2. The molecular formula is C21H29FN2O2. The molecule has 2 N–H and O–H groups in total. The highest BCUT2D eigenvalue weighted by atomic mass is 19.1. The number of amides is 1. The Hall–Kier alpha value is -1.78. The van der Waals surface area contributed by atoms with Gasteiger partial charge in [-0.15, -0.1) is 0 Å². The number of halogens is 1. The first-order chi connectivity index (χ1) is 12.3. The van der Waals surface area contributed by atoms with Crippen LogP contribution in [0.1, 0.15) is 46.0 Å². The van der Waals surface area contributed by atoms with Crippen molar-refractivity contribution in [2.75, 3.05) is 12.4 Å². The van der Waals surface area contributed by atoms with Crippen LogP contribution in [0.2, 0.25) is 0 Å². The molecule has 4 saturated carbocycles. The number of carbonyl (C=O) groups is 1. The van der Waals surface area contributed by atoms with E-state index in [1.807, 2.05) is 38.1 Å². The first-order valence-corrected chi connectivity index (χ1v) is 9.70. The summed E-state index contributed by atoms with van der Waals surface area (Å²) in [6.07, 6.45) is 4.11.